The van der Waals surface area contributed by atoms with E-state index in [2.05, 4.69) is 40.5 Å². The van der Waals surface area contributed by atoms with Crippen LogP contribution in [0.15, 0.2) is 30.3 Å². The van der Waals surface area contributed by atoms with Crippen LogP contribution in [-0.4, -0.2) is 25.2 Å². The highest BCUT2D eigenvalue weighted by Gasteiger charge is 2.34. The summed E-state index contributed by atoms with van der Waals surface area (Å²) in [5.41, 5.74) is 1.40. The highest BCUT2D eigenvalue weighted by molar-refractivity contribution is 5.48. The van der Waals surface area contributed by atoms with Crippen molar-refractivity contribution >= 4 is 5.69 Å². The summed E-state index contributed by atoms with van der Waals surface area (Å²) in [6.45, 7) is 2.29. The third-order valence-corrected chi connectivity index (χ3v) is 3.73. The lowest BCUT2D eigenvalue weighted by Crippen LogP contribution is -2.55. The second-order valence-corrected chi connectivity index (χ2v) is 4.59. The van der Waals surface area contributed by atoms with Crippen molar-refractivity contribution in [3.05, 3.63) is 30.3 Å². The molecule has 0 unspecified atom stereocenters. The lowest BCUT2D eigenvalue weighted by molar-refractivity contribution is 0.404. The monoisotopic (exact) mass is 202 g/mol. The number of anilines is 1. The van der Waals surface area contributed by atoms with Crippen LogP contribution in [0.2, 0.25) is 0 Å². The second kappa shape index (κ2) is 3.86. The first-order valence-electron chi connectivity index (χ1n) is 6.00. The number of piperazine rings is 1. The largest absolute Gasteiger partial charge is 0.366 e. The van der Waals surface area contributed by atoms with Gasteiger partial charge in [0.1, 0.15) is 0 Å². The molecule has 1 aromatic rings. The molecular weight excluding hydrogens is 184 g/mol. The topological polar surface area (TPSA) is 15.3 Å². The fourth-order valence-electron chi connectivity index (χ4n) is 3.03. The summed E-state index contributed by atoms with van der Waals surface area (Å²) in [6, 6.07) is 12.3. The average Bonchev–Trinajstić information content (AvgIpc) is 2.78. The highest BCUT2D eigenvalue weighted by Crippen LogP contribution is 2.30. The van der Waals surface area contributed by atoms with Crippen molar-refractivity contribution in [2.75, 3.05) is 18.0 Å². The van der Waals surface area contributed by atoms with E-state index in [9.17, 15) is 0 Å². The molecule has 1 aromatic carbocycles. The van der Waals surface area contributed by atoms with Gasteiger partial charge in [-0.3, -0.25) is 0 Å². The van der Waals surface area contributed by atoms with E-state index >= 15 is 0 Å². The van der Waals surface area contributed by atoms with Crippen LogP contribution < -0.4 is 10.2 Å². The number of nitrogens with one attached hydrogen (secondary N) is 1. The zero-order valence-electron chi connectivity index (χ0n) is 9.02. The van der Waals surface area contributed by atoms with E-state index in [0.717, 1.165) is 25.2 Å². The van der Waals surface area contributed by atoms with Crippen molar-refractivity contribution in [3.63, 3.8) is 0 Å². The minimum atomic E-state index is 0.735. The summed E-state index contributed by atoms with van der Waals surface area (Å²) in [5.74, 6) is 0. The smallest absolute Gasteiger partial charge is 0.0443 e. The molecule has 0 bridgehead atoms. The third kappa shape index (κ3) is 1.63. The minimum absolute atomic E-state index is 0.735. The SMILES string of the molecule is c1ccc(N2CCN[C@@H]3CCC[C@H]32)cc1. The predicted molar refractivity (Wildman–Crippen MR) is 63.2 cm³/mol. The number of nitrogens with zero attached hydrogens (tertiary/aromatic N) is 1. The van der Waals surface area contributed by atoms with Crippen LogP contribution in [0.25, 0.3) is 0 Å². The summed E-state index contributed by atoms with van der Waals surface area (Å²) < 4.78 is 0. The van der Waals surface area contributed by atoms with Gasteiger partial charge in [0.2, 0.25) is 0 Å². The summed E-state index contributed by atoms with van der Waals surface area (Å²) in [4.78, 5) is 2.59. The summed E-state index contributed by atoms with van der Waals surface area (Å²) in [7, 11) is 0. The van der Waals surface area contributed by atoms with Gasteiger partial charge in [-0.05, 0) is 31.4 Å². The van der Waals surface area contributed by atoms with Crippen LogP contribution >= 0.6 is 0 Å². The molecule has 1 saturated carbocycles. The van der Waals surface area contributed by atoms with Crippen LogP contribution in [0.1, 0.15) is 19.3 Å². The lowest BCUT2D eigenvalue weighted by atomic mass is 10.1. The Kier molecular flexibility index (Phi) is 2.37. The number of fused-ring (bicyclic) bond motifs is 1. The lowest BCUT2D eigenvalue weighted by Gasteiger charge is -2.40. The van der Waals surface area contributed by atoms with E-state index in [4.69, 9.17) is 0 Å². The first kappa shape index (κ1) is 9.22. The molecule has 2 fully saturated rings. The van der Waals surface area contributed by atoms with E-state index in [-0.39, 0.29) is 0 Å². The zero-order valence-corrected chi connectivity index (χ0v) is 9.02. The molecule has 2 atom stereocenters. The van der Waals surface area contributed by atoms with Crippen molar-refractivity contribution in [3.8, 4) is 0 Å². The van der Waals surface area contributed by atoms with Gasteiger partial charge in [-0.1, -0.05) is 18.2 Å². The van der Waals surface area contributed by atoms with Gasteiger partial charge in [0.15, 0.2) is 0 Å². The molecular formula is C13H18N2. The standard InChI is InChI=1S/C13H18N2/c1-2-5-11(6-3-1)15-10-9-14-12-7-4-8-13(12)15/h1-3,5-6,12-14H,4,7-10H2/t12-,13-/m1/s1. The zero-order chi connectivity index (χ0) is 10.1. The van der Waals surface area contributed by atoms with Gasteiger partial charge in [0, 0.05) is 30.9 Å². The highest BCUT2D eigenvalue weighted by atomic mass is 15.2. The Morgan fingerprint density at radius 1 is 1.13 bits per heavy atom. The summed E-state index contributed by atoms with van der Waals surface area (Å²) >= 11 is 0. The van der Waals surface area contributed by atoms with Crippen molar-refractivity contribution in [2.24, 2.45) is 0 Å². The van der Waals surface area contributed by atoms with Gasteiger partial charge < -0.3 is 10.2 Å². The first-order chi connectivity index (χ1) is 7.45. The van der Waals surface area contributed by atoms with E-state index in [1.54, 1.807) is 0 Å². The number of para-hydroxylation sites is 1. The quantitative estimate of drug-likeness (QED) is 0.749. The fraction of sp³-hybridized carbons (Fsp3) is 0.538. The maximum absolute atomic E-state index is 3.64. The van der Waals surface area contributed by atoms with Gasteiger partial charge in [-0.2, -0.15) is 0 Å². The van der Waals surface area contributed by atoms with Crippen molar-refractivity contribution in [1.29, 1.82) is 0 Å². The Morgan fingerprint density at radius 3 is 2.87 bits per heavy atom. The molecule has 1 heterocycles. The average molecular weight is 202 g/mol. The van der Waals surface area contributed by atoms with Crippen LogP contribution in [-0.2, 0) is 0 Å². The van der Waals surface area contributed by atoms with Crippen LogP contribution in [0.3, 0.4) is 0 Å². The van der Waals surface area contributed by atoms with Gasteiger partial charge in [-0.15, -0.1) is 0 Å². The fourth-order valence-corrected chi connectivity index (χ4v) is 3.03. The second-order valence-electron chi connectivity index (χ2n) is 4.59. The Bertz CT molecular complexity index is 323. The molecule has 1 aliphatic heterocycles. The molecule has 0 amide bonds. The van der Waals surface area contributed by atoms with Gasteiger partial charge >= 0.3 is 0 Å². The predicted octanol–water partition coefficient (Wildman–Crippen LogP) is 2.02. The molecule has 1 saturated heterocycles. The van der Waals surface area contributed by atoms with E-state index in [1.807, 2.05) is 0 Å². The Morgan fingerprint density at radius 2 is 2.00 bits per heavy atom. The van der Waals surface area contributed by atoms with Gasteiger partial charge in [0.25, 0.3) is 0 Å². The molecule has 2 aliphatic rings. The maximum atomic E-state index is 3.64. The van der Waals surface area contributed by atoms with Crippen LogP contribution in [0.5, 0.6) is 0 Å². The first-order valence-corrected chi connectivity index (χ1v) is 6.00. The molecule has 0 spiro atoms. The van der Waals surface area contributed by atoms with Crippen LogP contribution in [0, 0.1) is 0 Å². The maximum Gasteiger partial charge on any atom is 0.0443 e. The Labute approximate surface area is 91.3 Å². The van der Waals surface area contributed by atoms with E-state index in [1.165, 1.54) is 24.9 Å². The molecule has 3 rings (SSSR count). The normalized spacial score (nSPS) is 30.3. The van der Waals surface area contributed by atoms with Crippen molar-refractivity contribution in [2.45, 2.75) is 31.3 Å². The van der Waals surface area contributed by atoms with Crippen molar-refractivity contribution in [1.82, 2.24) is 5.32 Å². The third-order valence-electron chi connectivity index (χ3n) is 3.73. The number of benzene rings is 1. The molecule has 80 valence electrons. The molecule has 0 aromatic heterocycles. The van der Waals surface area contributed by atoms with Crippen molar-refractivity contribution < 1.29 is 0 Å². The van der Waals surface area contributed by atoms with Crippen LogP contribution in [0.4, 0.5) is 5.69 Å². The van der Waals surface area contributed by atoms with E-state index < -0.39 is 0 Å². The Balaban J connectivity index is 1.85. The van der Waals surface area contributed by atoms with E-state index in [0.29, 0.717) is 0 Å². The number of hydrogen-bond donors (Lipinski definition) is 1. The molecule has 15 heavy (non-hydrogen) atoms. The van der Waals surface area contributed by atoms with Gasteiger partial charge in [0.05, 0.1) is 0 Å². The molecule has 2 heteroatoms. The molecule has 1 N–H and O–H groups in total. The summed E-state index contributed by atoms with van der Waals surface area (Å²) in [6.07, 6.45) is 4.09. The number of rotatable bonds is 1. The Hall–Kier alpha value is -1.02. The molecule has 0 radical (unpaired) electrons. The summed E-state index contributed by atoms with van der Waals surface area (Å²) in [5, 5.41) is 3.64. The van der Waals surface area contributed by atoms with Gasteiger partial charge in [-0.25, -0.2) is 0 Å². The molecule has 2 nitrogen and oxygen atoms in total. The minimum Gasteiger partial charge on any atom is -0.366 e. The number of hydrogen-bond acceptors (Lipinski definition) is 2. The molecule has 1 aliphatic carbocycles.